The number of aryl methyl sites for hydroxylation is 2. The molecule has 0 heterocycles. The lowest BCUT2D eigenvalue weighted by Crippen LogP contribution is -2.32. The molecule has 0 saturated carbocycles. The van der Waals surface area contributed by atoms with Crippen LogP contribution in [0.2, 0.25) is 0 Å². The summed E-state index contributed by atoms with van der Waals surface area (Å²) >= 11 is 5.46. The number of benzene rings is 2. The zero-order valence-electron chi connectivity index (χ0n) is 14.4. The van der Waals surface area contributed by atoms with Crippen molar-refractivity contribution in [3.63, 3.8) is 0 Å². The van der Waals surface area contributed by atoms with Crippen LogP contribution in [0.1, 0.15) is 41.6 Å². The van der Waals surface area contributed by atoms with Crippen LogP contribution >= 0.6 is 12.2 Å². The number of nitriles is 1. The maximum absolute atomic E-state index is 8.71. The van der Waals surface area contributed by atoms with Gasteiger partial charge in [0, 0.05) is 5.69 Å². The Bertz CT molecular complexity index is 744. The van der Waals surface area contributed by atoms with Crippen LogP contribution in [-0.2, 0) is 6.42 Å². The van der Waals surface area contributed by atoms with E-state index in [0.29, 0.717) is 11.5 Å². The van der Waals surface area contributed by atoms with Gasteiger partial charge in [0.15, 0.2) is 5.11 Å². The molecule has 0 amide bonds. The van der Waals surface area contributed by atoms with E-state index >= 15 is 0 Å². The molecule has 0 bridgehead atoms. The quantitative estimate of drug-likeness (QED) is 0.769. The highest BCUT2D eigenvalue weighted by Crippen LogP contribution is 2.22. The molecule has 0 aliphatic carbocycles. The van der Waals surface area contributed by atoms with Gasteiger partial charge < -0.3 is 10.6 Å². The van der Waals surface area contributed by atoms with Gasteiger partial charge in [0.05, 0.1) is 18.5 Å². The topological polar surface area (TPSA) is 47.8 Å². The third-order valence-electron chi connectivity index (χ3n) is 4.01. The predicted molar refractivity (Wildman–Crippen MR) is 104 cm³/mol. The highest BCUT2D eigenvalue weighted by Gasteiger charge is 2.13. The first-order valence-electron chi connectivity index (χ1n) is 8.14. The van der Waals surface area contributed by atoms with Gasteiger partial charge in [-0.1, -0.05) is 42.8 Å². The van der Waals surface area contributed by atoms with E-state index in [1.54, 1.807) is 0 Å². The Morgan fingerprint density at radius 2 is 1.88 bits per heavy atom. The second kappa shape index (κ2) is 8.47. The Morgan fingerprint density at radius 1 is 1.17 bits per heavy atom. The largest absolute Gasteiger partial charge is 0.356 e. The van der Waals surface area contributed by atoms with Crippen molar-refractivity contribution in [3.8, 4) is 6.07 Å². The maximum atomic E-state index is 8.71. The molecule has 0 spiro atoms. The second-order valence-corrected chi connectivity index (χ2v) is 6.36. The molecule has 124 valence electrons. The van der Waals surface area contributed by atoms with Crippen LogP contribution in [0.5, 0.6) is 0 Å². The van der Waals surface area contributed by atoms with E-state index < -0.39 is 0 Å². The molecular weight excluding hydrogens is 314 g/mol. The number of thiocarbonyl (C=S) groups is 1. The van der Waals surface area contributed by atoms with Crippen LogP contribution in [0.15, 0.2) is 42.5 Å². The van der Waals surface area contributed by atoms with Crippen LogP contribution in [0, 0.1) is 25.2 Å². The number of hydrogen-bond donors (Lipinski definition) is 2. The van der Waals surface area contributed by atoms with Gasteiger partial charge in [-0.2, -0.15) is 5.26 Å². The lowest BCUT2D eigenvalue weighted by molar-refractivity contribution is 0.625. The van der Waals surface area contributed by atoms with Crippen LogP contribution in [0.25, 0.3) is 0 Å². The number of anilines is 1. The molecule has 0 saturated heterocycles. The number of rotatable bonds is 5. The third-order valence-corrected chi connectivity index (χ3v) is 4.23. The van der Waals surface area contributed by atoms with Crippen LogP contribution in [0.3, 0.4) is 0 Å². The fraction of sp³-hybridized carbons (Fsp3) is 0.300. The number of nitrogens with one attached hydrogen (secondary N) is 2. The van der Waals surface area contributed by atoms with E-state index in [2.05, 4.69) is 55.7 Å². The van der Waals surface area contributed by atoms with Crippen molar-refractivity contribution in [2.75, 3.05) is 5.32 Å². The fourth-order valence-electron chi connectivity index (χ4n) is 2.74. The van der Waals surface area contributed by atoms with E-state index in [4.69, 9.17) is 17.5 Å². The molecular formula is C20H23N3S. The highest BCUT2D eigenvalue weighted by molar-refractivity contribution is 7.80. The van der Waals surface area contributed by atoms with E-state index in [9.17, 15) is 0 Å². The molecule has 2 rings (SSSR count). The predicted octanol–water partition coefficient (Wildman–Crippen LogP) is 4.81. The molecule has 2 aromatic rings. The second-order valence-electron chi connectivity index (χ2n) is 5.95. The summed E-state index contributed by atoms with van der Waals surface area (Å²) in [6.07, 6.45) is 1.38. The van der Waals surface area contributed by atoms with Crippen molar-refractivity contribution in [2.45, 2.75) is 39.7 Å². The average molecular weight is 337 g/mol. The Hall–Kier alpha value is -2.38. The highest BCUT2D eigenvalue weighted by atomic mass is 32.1. The zero-order chi connectivity index (χ0) is 17.5. The van der Waals surface area contributed by atoms with Gasteiger partial charge in [-0.05, 0) is 61.3 Å². The summed E-state index contributed by atoms with van der Waals surface area (Å²) in [5, 5.41) is 15.9. The van der Waals surface area contributed by atoms with Gasteiger partial charge >= 0.3 is 0 Å². The number of nitrogens with zero attached hydrogens (tertiary/aromatic N) is 1. The van der Waals surface area contributed by atoms with Crippen LogP contribution in [0.4, 0.5) is 5.69 Å². The van der Waals surface area contributed by atoms with Gasteiger partial charge in [-0.25, -0.2) is 0 Å². The minimum Gasteiger partial charge on any atom is -0.356 e. The van der Waals surface area contributed by atoms with Crippen molar-refractivity contribution < 1.29 is 0 Å². The van der Waals surface area contributed by atoms with Crippen LogP contribution < -0.4 is 10.6 Å². The normalized spacial score (nSPS) is 11.4. The molecule has 2 aromatic carbocycles. The Balaban J connectivity index is 2.02. The van der Waals surface area contributed by atoms with Crippen molar-refractivity contribution in [2.24, 2.45) is 0 Å². The molecule has 1 unspecified atom stereocenters. The van der Waals surface area contributed by atoms with E-state index in [1.165, 1.54) is 16.7 Å². The van der Waals surface area contributed by atoms with Crippen molar-refractivity contribution >= 4 is 23.0 Å². The van der Waals surface area contributed by atoms with E-state index in [1.807, 2.05) is 24.3 Å². The van der Waals surface area contributed by atoms with Gasteiger partial charge in [-0.3, -0.25) is 0 Å². The smallest absolute Gasteiger partial charge is 0.171 e. The number of hydrogen-bond acceptors (Lipinski definition) is 2. The van der Waals surface area contributed by atoms with Gasteiger partial charge in [0.2, 0.25) is 0 Å². The van der Waals surface area contributed by atoms with Gasteiger partial charge in [0.1, 0.15) is 0 Å². The third kappa shape index (κ3) is 4.81. The molecule has 2 N–H and O–H groups in total. The lowest BCUT2D eigenvalue weighted by atomic mass is 9.98. The Morgan fingerprint density at radius 3 is 2.46 bits per heavy atom. The minimum atomic E-state index is 0.184. The molecule has 4 heteroatoms. The summed E-state index contributed by atoms with van der Waals surface area (Å²) in [6.45, 7) is 6.39. The average Bonchev–Trinajstić information content (AvgIpc) is 2.55. The molecule has 3 nitrogen and oxygen atoms in total. The molecule has 0 aromatic heterocycles. The molecule has 0 aliphatic heterocycles. The summed E-state index contributed by atoms with van der Waals surface area (Å²) in [6, 6.07) is 16.6. The molecule has 0 fully saturated rings. The Labute approximate surface area is 149 Å². The standard InChI is InChI=1S/C20H23N3S/c1-4-19(18-10-5-14(2)13-15(18)3)23-20(24)22-17-8-6-16(7-9-17)11-12-21/h5-10,13,19H,4,11H2,1-3H3,(H2,22,23,24). The maximum Gasteiger partial charge on any atom is 0.171 e. The minimum absolute atomic E-state index is 0.184. The van der Waals surface area contributed by atoms with Crippen molar-refractivity contribution in [3.05, 3.63) is 64.7 Å². The molecule has 1 atom stereocenters. The summed E-state index contributed by atoms with van der Waals surface area (Å²) in [5.41, 5.74) is 5.74. The first kappa shape index (κ1) is 18.0. The summed E-state index contributed by atoms with van der Waals surface area (Å²) in [5.74, 6) is 0. The molecule has 0 radical (unpaired) electrons. The summed E-state index contributed by atoms with van der Waals surface area (Å²) < 4.78 is 0. The molecule has 24 heavy (non-hydrogen) atoms. The van der Waals surface area contributed by atoms with Crippen molar-refractivity contribution in [1.29, 1.82) is 5.26 Å². The zero-order valence-corrected chi connectivity index (χ0v) is 15.2. The first-order chi connectivity index (χ1) is 11.5. The van der Waals surface area contributed by atoms with Gasteiger partial charge in [0.25, 0.3) is 0 Å². The van der Waals surface area contributed by atoms with Crippen LogP contribution in [-0.4, -0.2) is 5.11 Å². The Kier molecular flexibility index (Phi) is 6.34. The monoisotopic (exact) mass is 337 g/mol. The first-order valence-corrected chi connectivity index (χ1v) is 8.55. The lowest BCUT2D eigenvalue weighted by Gasteiger charge is -2.22. The fourth-order valence-corrected chi connectivity index (χ4v) is 3.00. The van der Waals surface area contributed by atoms with E-state index in [0.717, 1.165) is 17.7 Å². The SMILES string of the molecule is CCC(NC(=S)Nc1ccc(CC#N)cc1)c1ccc(C)cc1C. The van der Waals surface area contributed by atoms with Gasteiger partial charge in [-0.15, -0.1) is 0 Å². The van der Waals surface area contributed by atoms with Crippen molar-refractivity contribution in [1.82, 2.24) is 5.32 Å². The summed E-state index contributed by atoms with van der Waals surface area (Å²) in [4.78, 5) is 0. The summed E-state index contributed by atoms with van der Waals surface area (Å²) in [7, 11) is 0. The molecule has 0 aliphatic rings. The van der Waals surface area contributed by atoms with E-state index in [-0.39, 0.29) is 6.04 Å².